The number of carbonyl (C=O) groups excluding carboxylic acids is 2. The minimum absolute atomic E-state index is 0.0578. The molecule has 94 valence electrons. The van der Waals surface area contributed by atoms with Crippen LogP contribution in [0.15, 0.2) is 0 Å². The fourth-order valence-electron chi connectivity index (χ4n) is 1.66. The molecule has 0 atom stereocenters. The zero-order valence-corrected chi connectivity index (χ0v) is 12.0. The molecule has 0 saturated carbocycles. The SMILES string of the molecule is CC(C)C(C(=O)C(C)(C)C)C(=O)C(C)(C)C. The first kappa shape index (κ1) is 15.3. The van der Waals surface area contributed by atoms with E-state index in [1.165, 1.54) is 0 Å². The van der Waals surface area contributed by atoms with E-state index in [1.54, 1.807) is 0 Å². The monoisotopic (exact) mass is 226 g/mol. The summed E-state index contributed by atoms with van der Waals surface area (Å²) in [4.78, 5) is 24.5. The van der Waals surface area contributed by atoms with Gasteiger partial charge in [-0.05, 0) is 5.92 Å². The predicted molar refractivity (Wildman–Crippen MR) is 67.3 cm³/mol. The van der Waals surface area contributed by atoms with E-state index in [9.17, 15) is 9.59 Å². The van der Waals surface area contributed by atoms with E-state index in [4.69, 9.17) is 0 Å². The molecule has 0 aliphatic rings. The van der Waals surface area contributed by atoms with Gasteiger partial charge < -0.3 is 0 Å². The Kier molecular flexibility index (Phi) is 4.49. The third kappa shape index (κ3) is 3.73. The van der Waals surface area contributed by atoms with Crippen molar-refractivity contribution in [1.29, 1.82) is 0 Å². The van der Waals surface area contributed by atoms with Crippen LogP contribution in [0.4, 0.5) is 0 Å². The molecule has 0 aliphatic carbocycles. The van der Waals surface area contributed by atoms with E-state index in [1.807, 2.05) is 55.4 Å². The number of rotatable bonds is 3. The molecule has 0 aromatic rings. The number of hydrogen-bond acceptors (Lipinski definition) is 2. The van der Waals surface area contributed by atoms with Crippen LogP contribution in [0.2, 0.25) is 0 Å². The molecule has 0 amide bonds. The molecular weight excluding hydrogens is 200 g/mol. The highest BCUT2D eigenvalue weighted by atomic mass is 16.2. The largest absolute Gasteiger partial charge is 0.298 e. The molecule has 0 bridgehead atoms. The van der Waals surface area contributed by atoms with Crippen LogP contribution in [0.3, 0.4) is 0 Å². The van der Waals surface area contributed by atoms with E-state index in [0.717, 1.165) is 0 Å². The van der Waals surface area contributed by atoms with Crippen LogP contribution in [0.5, 0.6) is 0 Å². The summed E-state index contributed by atoms with van der Waals surface area (Å²) >= 11 is 0. The smallest absolute Gasteiger partial charge is 0.148 e. The van der Waals surface area contributed by atoms with Crippen LogP contribution in [0.1, 0.15) is 55.4 Å². The molecule has 0 heterocycles. The average molecular weight is 226 g/mol. The van der Waals surface area contributed by atoms with Crippen molar-refractivity contribution in [1.82, 2.24) is 0 Å². The Labute approximate surface area is 99.8 Å². The van der Waals surface area contributed by atoms with E-state index >= 15 is 0 Å². The maximum Gasteiger partial charge on any atom is 0.148 e. The molecule has 2 nitrogen and oxygen atoms in total. The number of Topliss-reactive ketones (excluding diaryl/α,β-unsaturated/α-hetero) is 2. The number of hydrogen-bond donors (Lipinski definition) is 0. The molecule has 0 rings (SSSR count). The zero-order valence-electron chi connectivity index (χ0n) is 12.0. The summed E-state index contributed by atoms with van der Waals surface area (Å²) in [6.07, 6.45) is 0. The molecule has 0 unspecified atom stereocenters. The molecule has 16 heavy (non-hydrogen) atoms. The lowest BCUT2D eigenvalue weighted by atomic mass is 9.70. The maximum absolute atomic E-state index is 12.3. The minimum atomic E-state index is -0.472. The first-order valence-electron chi connectivity index (χ1n) is 5.97. The van der Waals surface area contributed by atoms with E-state index < -0.39 is 16.7 Å². The molecule has 0 fully saturated rings. The Morgan fingerprint density at radius 3 is 1.12 bits per heavy atom. The van der Waals surface area contributed by atoms with E-state index in [0.29, 0.717) is 0 Å². The van der Waals surface area contributed by atoms with Crippen molar-refractivity contribution >= 4 is 11.6 Å². The number of ketones is 2. The van der Waals surface area contributed by atoms with Gasteiger partial charge in [-0.15, -0.1) is 0 Å². The topological polar surface area (TPSA) is 34.1 Å². The maximum atomic E-state index is 12.3. The van der Waals surface area contributed by atoms with Gasteiger partial charge in [0, 0.05) is 10.8 Å². The highest BCUT2D eigenvalue weighted by Gasteiger charge is 2.40. The van der Waals surface area contributed by atoms with Gasteiger partial charge in [-0.1, -0.05) is 55.4 Å². The second-order valence-electron chi connectivity index (χ2n) is 6.95. The molecule has 0 N–H and O–H groups in total. The Bertz CT molecular complexity index is 248. The Hall–Kier alpha value is -0.660. The number of carbonyl (C=O) groups is 2. The van der Waals surface area contributed by atoms with Gasteiger partial charge in [0.05, 0.1) is 5.92 Å². The summed E-state index contributed by atoms with van der Waals surface area (Å²) in [5.74, 6) is -0.289. The lowest BCUT2D eigenvalue weighted by Crippen LogP contribution is -2.41. The average Bonchev–Trinajstić information content (AvgIpc) is 1.99. The van der Waals surface area contributed by atoms with Crippen molar-refractivity contribution in [3.8, 4) is 0 Å². The molecule has 0 spiro atoms. The van der Waals surface area contributed by atoms with Crippen LogP contribution < -0.4 is 0 Å². The molecular formula is C14H26O2. The zero-order chi connectivity index (χ0) is 13.3. The normalized spacial score (nSPS) is 13.4. The van der Waals surface area contributed by atoms with Crippen molar-refractivity contribution < 1.29 is 9.59 Å². The molecule has 0 saturated heterocycles. The van der Waals surface area contributed by atoms with E-state index in [2.05, 4.69) is 0 Å². The van der Waals surface area contributed by atoms with Crippen molar-refractivity contribution in [3.05, 3.63) is 0 Å². The van der Waals surface area contributed by atoms with Crippen molar-refractivity contribution in [2.45, 2.75) is 55.4 Å². The fourth-order valence-corrected chi connectivity index (χ4v) is 1.66. The van der Waals surface area contributed by atoms with Gasteiger partial charge >= 0.3 is 0 Å². The predicted octanol–water partition coefficient (Wildman–Crippen LogP) is 3.49. The molecule has 0 aromatic carbocycles. The lowest BCUT2D eigenvalue weighted by molar-refractivity contribution is -0.143. The second-order valence-corrected chi connectivity index (χ2v) is 6.95. The van der Waals surface area contributed by atoms with Crippen molar-refractivity contribution in [2.24, 2.45) is 22.7 Å². The molecule has 0 aliphatic heterocycles. The van der Waals surface area contributed by atoms with E-state index in [-0.39, 0.29) is 17.5 Å². The van der Waals surface area contributed by atoms with Gasteiger partial charge in [0.25, 0.3) is 0 Å². The highest BCUT2D eigenvalue weighted by molar-refractivity contribution is 6.06. The third-order valence-corrected chi connectivity index (χ3v) is 2.71. The Morgan fingerprint density at radius 2 is 1.00 bits per heavy atom. The second kappa shape index (κ2) is 4.68. The summed E-state index contributed by atoms with van der Waals surface area (Å²) in [5, 5.41) is 0. The Morgan fingerprint density at radius 1 is 0.750 bits per heavy atom. The third-order valence-electron chi connectivity index (χ3n) is 2.71. The summed E-state index contributed by atoms with van der Waals surface area (Å²) in [5.41, 5.74) is -0.897. The standard InChI is InChI=1S/C14H26O2/c1-9(2)10(11(15)13(3,4)5)12(16)14(6,7)8/h9-10H,1-8H3. The van der Waals surface area contributed by atoms with Crippen LogP contribution in [-0.2, 0) is 9.59 Å². The summed E-state index contributed by atoms with van der Waals surface area (Å²) in [6.45, 7) is 15.1. The van der Waals surface area contributed by atoms with Crippen LogP contribution in [0, 0.1) is 22.7 Å². The van der Waals surface area contributed by atoms with Crippen LogP contribution in [-0.4, -0.2) is 11.6 Å². The van der Waals surface area contributed by atoms with Gasteiger partial charge in [0.1, 0.15) is 11.6 Å². The summed E-state index contributed by atoms with van der Waals surface area (Å²) < 4.78 is 0. The minimum Gasteiger partial charge on any atom is -0.298 e. The molecule has 0 aromatic heterocycles. The van der Waals surface area contributed by atoms with Crippen molar-refractivity contribution in [2.75, 3.05) is 0 Å². The first-order chi connectivity index (χ1) is 6.89. The summed E-state index contributed by atoms with van der Waals surface area (Å²) in [6, 6.07) is 0. The van der Waals surface area contributed by atoms with Gasteiger partial charge in [-0.3, -0.25) is 9.59 Å². The quantitative estimate of drug-likeness (QED) is 0.690. The van der Waals surface area contributed by atoms with Gasteiger partial charge in [-0.2, -0.15) is 0 Å². The van der Waals surface area contributed by atoms with Gasteiger partial charge in [-0.25, -0.2) is 0 Å². The first-order valence-corrected chi connectivity index (χ1v) is 5.97. The van der Waals surface area contributed by atoms with Crippen LogP contribution in [0.25, 0.3) is 0 Å². The van der Waals surface area contributed by atoms with Gasteiger partial charge in [0.2, 0.25) is 0 Å². The highest BCUT2D eigenvalue weighted by Crippen LogP contribution is 2.31. The van der Waals surface area contributed by atoms with Gasteiger partial charge in [0.15, 0.2) is 0 Å². The lowest BCUT2D eigenvalue weighted by Gasteiger charge is -2.30. The summed E-state index contributed by atoms with van der Waals surface area (Å²) in [7, 11) is 0. The van der Waals surface area contributed by atoms with Crippen molar-refractivity contribution in [3.63, 3.8) is 0 Å². The fraction of sp³-hybridized carbons (Fsp3) is 0.857. The molecule has 2 heteroatoms. The molecule has 0 radical (unpaired) electrons. The Balaban J connectivity index is 5.21. The van der Waals surface area contributed by atoms with Crippen LogP contribution >= 0.6 is 0 Å².